The summed E-state index contributed by atoms with van der Waals surface area (Å²) in [5.41, 5.74) is 4.49. The summed E-state index contributed by atoms with van der Waals surface area (Å²) in [4.78, 5) is 72.4. The average molecular weight is 578 g/mol. The Morgan fingerprint density at radius 1 is 0.750 bits per heavy atom. The van der Waals surface area contributed by atoms with Gasteiger partial charge in [0.05, 0.1) is 0 Å². The first kappa shape index (κ1) is 31.5. The molecule has 0 fully saturated rings. The Labute approximate surface area is 232 Å². The van der Waals surface area contributed by atoms with Gasteiger partial charge in [0.25, 0.3) is 0 Å². The fraction of sp³-hybridized carbons (Fsp3) is 0.231. The third kappa shape index (κ3) is 7.42. The maximum atomic E-state index is 13.6. The largest absolute Gasteiger partial charge is 0.452 e. The van der Waals surface area contributed by atoms with Gasteiger partial charge >= 0.3 is 29.8 Å². The normalized spacial score (nSPS) is 11.1. The van der Waals surface area contributed by atoms with Crippen molar-refractivity contribution in [3.8, 4) is 40.1 Å². The van der Waals surface area contributed by atoms with Gasteiger partial charge in [-0.25, -0.2) is 4.79 Å². The molecule has 0 aliphatic rings. The van der Waals surface area contributed by atoms with Gasteiger partial charge in [-0.05, 0) is 25.1 Å². The van der Waals surface area contributed by atoms with Crippen molar-refractivity contribution in [1.29, 1.82) is 0 Å². The molecule has 0 bridgehead atoms. The van der Waals surface area contributed by atoms with E-state index in [1.54, 1.807) is 0 Å². The second-order valence-corrected chi connectivity index (χ2v) is 8.13. The van der Waals surface area contributed by atoms with Crippen LogP contribution in [0.4, 0.5) is 0 Å². The third-order valence-electron chi connectivity index (χ3n) is 4.69. The number of hydrogen-bond acceptors (Lipinski definition) is 13. The van der Waals surface area contributed by atoms with Gasteiger partial charge in [0.15, 0.2) is 17.3 Å². The van der Waals surface area contributed by atoms with E-state index in [-0.39, 0.29) is 57.7 Å². The molecule has 2 aromatic carbocycles. The standard InChI is InChI=1S/C26H23NO12.ClH/c1-11(27)26(33)39-19-8-16(6-7-18(19)35-13(3)29)24-25(37-15(5)31)23(32)22-20(36-14(4)30)9-17(34-12(2)28)10-21(22)38-24;/h6-11H,27H2,1-5H3;1H/t11-;/m1./s1. The zero-order chi connectivity index (χ0) is 29.0. The lowest BCUT2D eigenvalue weighted by atomic mass is 10.1. The number of benzene rings is 2. The van der Waals surface area contributed by atoms with Crippen molar-refractivity contribution in [3.63, 3.8) is 0 Å². The zero-order valence-electron chi connectivity index (χ0n) is 21.8. The van der Waals surface area contributed by atoms with Crippen molar-refractivity contribution in [2.45, 2.75) is 40.7 Å². The number of nitrogens with two attached hydrogens (primary N) is 1. The molecule has 0 saturated carbocycles. The van der Waals surface area contributed by atoms with Crippen LogP contribution in [0, 0.1) is 0 Å². The predicted molar refractivity (Wildman–Crippen MR) is 140 cm³/mol. The smallest absolute Gasteiger partial charge is 0.328 e. The minimum atomic E-state index is -1.03. The molecule has 0 unspecified atom stereocenters. The quantitative estimate of drug-likeness (QED) is 0.319. The van der Waals surface area contributed by atoms with Crippen LogP contribution in [0.2, 0.25) is 0 Å². The number of carbonyl (C=O) groups excluding carboxylic acids is 5. The highest BCUT2D eigenvalue weighted by Crippen LogP contribution is 2.40. The highest BCUT2D eigenvalue weighted by Gasteiger charge is 2.25. The molecule has 0 radical (unpaired) electrons. The summed E-state index contributed by atoms with van der Waals surface area (Å²) < 4.78 is 31.6. The second kappa shape index (κ2) is 12.9. The molecule has 14 heteroatoms. The summed E-state index contributed by atoms with van der Waals surface area (Å²) in [6, 6.07) is 5.06. The first-order valence-corrected chi connectivity index (χ1v) is 11.3. The number of fused-ring (bicyclic) bond motifs is 1. The van der Waals surface area contributed by atoms with E-state index in [4.69, 9.17) is 33.8 Å². The monoisotopic (exact) mass is 577 g/mol. The average Bonchev–Trinajstić information content (AvgIpc) is 2.80. The van der Waals surface area contributed by atoms with E-state index < -0.39 is 47.1 Å². The molecule has 0 amide bonds. The molecule has 0 aliphatic carbocycles. The Morgan fingerprint density at radius 3 is 1.88 bits per heavy atom. The number of hydrogen-bond donors (Lipinski definition) is 1. The lowest BCUT2D eigenvalue weighted by molar-refractivity contribution is -0.137. The van der Waals surface area contributed by atoms with Gasteiger partial charge in [0.2, 0.25) is 11.2 Å². The fourth-order valence-electron chi connectivity index (χ4n) is 3.30. The summed E-state index contributed by atoms with van der Waals surface area (Å²) in [6.07, 6.45) is 0. The van der Waals surface area contributed by atoms with Gasteiger partial charge in [-0.15, -0.1) is 12.4 Å². The first-order valence-electron chi connectivity index (χ1n) is 11.3. The number of halogens is 1. The summed E-state index contributed by atoms with van der Waals surface area (Å²) in [6.45, 7) is 5.78. The molecule has 1 atom stereocenters. The van der Waals surface area contributed by atoms with Crippen molar-refractivity contribution in [2.24, 2.45) is 5.73 Å². The van der Waals surface area contributed by atoms with Gasteiger partial charge < -0.3 is 33.8 Å². The molecule has 3 aromatic rings. The van der Waals surface area contributed by atoms with Crippen molar-refractivity contribution in [3.05, 3.63) is 40.6 Å². The molecule has 0 aliphatic heterocycles. The lowest BCUT2D eigenvalue weighted by Crippen LogP contribution is -2.31. The van der Waals surface area contributed by atoms with Crippen molar-refractivity contribution < 1.29 is 52.1 Å². The van der Waals surface area contributed by atoms with Crippen LogP contribution in [0.1, 0.15) is 34.6 Å². The predicted octanol–water partition coefficient (Wildman–Crippen LogP) is 2.84. The van der Waals surface area contributed by atoms with E-state index in [1.807, 2.05) is 0 Å². The number of ether oxygens (including phenoxy) is 5. The van der Waals surface area contributed by atoms with Crippen molar-refractivity contribution in [1.82, 2.24) is 0 Å². The highest BCUT2D eigenvalue weighted by molar-refractivity contribution is 5.92. The number of carbonyl (C=O) groups is 5. The van der Waals surface area contributed by atoms with Crippen LogP contribution < -0.4 is 34.8 Å². The van der Waals surface area contributed by atoms with Crippen LogP contribution in [-0.2, 0) is 24.0 Å². The van der Waals surface area contributed by atoms with Gasteiger partial charge in [0.1, 0.15) is 28.5 Å². The molecule has 3 rings (SSSR count). The highest BCUT2D eigenvalue weighted by atomic mass is 35.5. The van der Waals surface area contributed by atoms with Crippen LogP contribution in [0.5, 0.6) is 28.7 Å². The Balaban J connectivity index is 0.00000560. The maximum absolute atomic E-state index is 13.6. The Hall–Kier alpha value is -4.75. The van der Waals surface area contributed by atoms with E-state index in [1.165, 1.54) is 31.2 Å². The molecule has 1 aromatic heterocycles. The molecule has 13 nitrogen and oxygen atoms in total. The lowest BCUT2D eigenvalue weighted by Gasteiger charge is -2.15. The van der Waals surface area contributed by atoms with Crippen LogP contribution in [0.3, 0.4) is 0 Å². The molecule has 0 saturated heterocycles. The summed E-state index contributed by atoms with van der Waals surface area (Å²) >= 11 is 0. The first-order chi connectivity index (χ1) is 18.3. The molecule has 2 N–H and O–H groups in total. The topological polar surface area (TPSA) is 188 Å². The van der Waals surface area contributed by atoms with Crippen LogP contribution in [0.15, 0.2) is 39.5 Å². The summed E-state index contributed by atoms with van der Waals surface area (Å²) in [5, 5.41) is -0.291. The number of rotatable bonds is 7. The molecular weight excluding hydrogens is 554 g/mol. The van der Waals surface area contributed by atoms with Gasteiger partial charge in [-0.2, -0.15) is 0 Å². The molecule has 0 spiro atoms. The van der Waals surface area contributed by atoms with Crippen LogP contribution in [0.25, 0.3) is 22.3 Å². The van der Waals surface area contributed by atoms with E-state index in [0.29, 0.717) is 0 Å². The number of esters is 5. The Morgan fingerprint density at radius 2 is 1.32 bits per heavy atom. The van der Waals surface area contributed by atoms with Gasteiger partial charge in [0, 0.05) is 45.4 Å². The van der Waals surface area contributed by atoms with Crippen molar-refractivity contribution in [2.75, 3.05) is 0 Å². The third-order valence-corrected chi connectivity index (χ3v) is 4.69. The van der Waals surface area contributed by atoms with E-state index in [0.717, 1.165) is 33.8 Å². The zero-order valence-corrected chi connectivity index (χ0v) is 22.7. The maximum Gasteiger partial charge on any atom is 0.328 e. The summed E-state index contributed by atoms with van der Waals surface area (Å²) in [5.74, 6) is -5.70. The molecule has 40 heavy (non-hydrogen) atoms. The SMILES string of the molecule is CC(=O)Oc1cc(OC(C)=O)c2c(=O)c(OC(C)=O)c(-c3ccc(OC(C)=O)c(OC(=O)[C@@H](C)N)c3)oc2c1.Cl. The molecule has 212 valence electrons. The minimum Gasteiger partial charge on any atom is -0.452 e. The van der Waals surface area contributed by atoms with E-state index >= 15 is 0 Å². The fourth-order valence-corrected chi connectivity index (χ4v) is 3.30. The van der Waals surface area contributed by atoms with Gasteiger partial charge in [-0.3, -0.25) is 24.0 Å². The Bertz CT molecular complexity index is 1570. The molecule has 1 heterocycles. The molecular formula is C26H24ClNO12. The van der Waals surface area contributed by atoms with Crippen LogP contribution >= 0.6 is 12.4 Å². The van der Waals surface area contributed by atoms with Gasteiger partial charge in [-0.1, -0.05) is 0 Å². The summed E-state index contributed by atoms with van der Waals surface area (Å²) in [7, 11) is 0. The van der Waals surface area contributed by atoms with Crippen LogP contribution in [-0.4, -0.2) is 35.9 Å². The second-order valence-electron chi connectivity index (χ2n) is 8.13. The van der Waals surface area contributed by atoms with E-state index in [2.05, 4.69) is 0 Å². The Kier molecular flexibility index (Phi) is 10.1. The van der Waals surface area contributed by atoms with E-state index in [9.17, 15) is 28.8 Å². The minimum absolute atomic E-state index is 0. The van der Waals surface area contributed by atoms with Crippen molar-refractivity contribution >= 4 is 53.2 Å².